The highest BCUT2D eigenvalue weighted by Crippen LogP contribution is 2.35. The zero-order valence-electron chi connectivity index (χ0n) is 11.3. The highest BCUT2D eigenvalue weighted by Gasteiger charge is 2.37. The Kier molecular flexibility index (Phi) is 8.52. The van der Waals surface area contributed by atoms with Gasteiger partial charge in [-0.15, -0.1) is 0 Å². The summed E-state index contributed by atoms with van der Waals surface area (Å²) in [5.74, 6) is 5.55. The predicted molar refractivity (Wildman–Crippen MR) is 72.5 cm³/mol. The van der Waals surface area contributed by atoms with Crippen molar-refractivity contribution in [1.29, 1.82) is 0 Å². The summed E-state index contributed by atoms with van der Waals surface area (Å²) < 4.78 is 11.7. The van der Waals surface area contributed by atoms with Crippen LogP contribution >= 0.6 is 0 Å². The van der Waals surface area contributed by atoms with Crippen molar-refractivity contribution >= 4 is 19.5 Å². The van der Waals surface area contributed by atoms with Crippen LogP contribution < -0.4 is 5.90 Å². The van der Waals surface area contributed by atoms with E-state index in [1.807, 2.05) is 0 Å². The standard InChI is InChI=1S/C10H27NO3Si2/c1-6-8(7-12-11)10(2,3)9(13-15-4)14-16-5/h8-9H,6-7,11,15-16H2,1-5H3. The molecule has 16 heavy (non-hydrogen) atoms. The first kappa shape index (κ1) is 16.3. The van der Waals surface area contributed by atoms with Gasteiger partial charge in [0.25, 0.3) is 0 Å². The van der Waals surface area contributed by atoms with E-state index in [1.165, 1.54) is 0 Å². The lowest BCUT2D eigenvalue weighted by Crippen LogP contribution is -2.43. The normalized spacial score (nSPS) is 17.6. The van der Waals surface area contributed by atoms with Crippen LogP contribution in [0.5, 0.6) is 0 Å². The molecular weight excluding hydrogens is 238 g/mol. The maximum Gasteiger partial charge on any atom is 0.161 e. The van der Waals surface area contributed by atoms with Crippen LogP contribution in [-0.2, 0) is 13.7 Å². The van der Waals surface area contributed by atoms with Gasteiger partial charge < -0.3 is 13.7 Å². The molecule has 0 amide bonds. The number of nitrogens with two attached hydrogens (primary N) is 1. The van der Waals surface area contributed by atoms with E-state index in [-0.39, 0.29) is 11.7 Å². The molecule has 0 aromatic rings. The zero-order chi connectivity index (χ0) is 12.6. The summed E-state index contributed by atoms with van der Waals surface area (Å²) in [6.45, 7) is 11.3. The molecule has 0 rings (SSSR count). The van der Waals surface area contributed by atoms with Crippen LogP contribution in [0.2, 0.25) is 13.1 Å². The summed E-state index contributed by atoms with van der Waals surface area (Å²) in [7, 11) is -0.924. The van der Waals surface area contributed by atoms with Crippen LogP contribution in [0.15, 0.2) is 0 Å². The van der Waals surface area contributed by atoms with Gasteiger partial charge in [-0.05, 0) is 5.92 Å². The Labute approximate surface area is 104 Å². The Balaban J connectivity index is 4.63. The number of hydrogen-bond donors (Lipinski definition) is 1. The Morgan fingerprint density at radius 1 is 1.19 bits per heavy atom. The molecule has 0 radical (unpaired) electrons. The van der Waals surface area contributed by atoms with Gasteiger partial charge in [-0.1, -0.05) is 40.3 Å². The highest BCUT2D eigenvalue weighted by atomic mass is 28.2. The van der Waals surface area contributed by atoms with Crippen LogP contribution in [0.4, 0.5) is 0 Å². The van der Waals surface area contributed by atoms with Gasteiger partial charge in [0.05, 0.1) is 6.61 Å². The second kappa shape index (κ2) is 8.38. The summed E-state index contributed by atoms with van der Waals surface area (Å²) in [4.78, 5) is 4.80. The van der Waals surface area contributed by atoms with E-state index in [2.05, 4.69) is 33.9 Å². The lowest BCUT2D eigenvalue weighted by Gasteiger charge is -2.40. The highest BCUT2D eigenvalue weighted by molar-refractivity contribution is 6.26. The minimum Gasteiger partial charge on any atom is -0.400 e. The van der Waals surface area contributed by atoms with Gasteiger partial charge in [-0.3, -0.25) is 0 Å². The van der Waals surface area contributed by atoms with Crippen molar-refractivity contribution in [2.24, 2.45) is 17.2 Å². The smallest absolute Gasteiger partial charge is 0.161 e. The maximum atomic E-state index is 5.83. The number of hydrogen-bond acceptors (Lipinski definition) is 4. The summed E-state index contributed by atoms with van der Waals surface area (Å²) >= 11 is 0. The molecule has 0 spiro atoms. The molecule has 0 aromatic heterocycles. The molecule has 0 aliphatic carbocycles. The zero-order valence-corrected chi connectivity index (χ0v) is 14.1. The summed E-state index contributed by atoms with van der Waals surface area (Å²) in [6, 6.07) is 0. The van der Waals surface area contributed by atoms with E-state index in [0.717, 1.165) is 6.42 Å². The minimum atomic E-state index is -0.462. The van der Waals surface area contributed by atoms with Gasteiger partial charge in [0.2, 0.25) is 0 Å². The topological polar surface area (TPSA) is 53.7 Å². The Morgan fingerprint density at radius 2 is 1.69 bits per heavy atom. The first-order chi connectivity index (χ1) is 7.54. The summed E-state index contributed by atoms with van der Waals surface area (Å²) in [5, 5.41) is 0. The lowest BCUT2D eigenvalue weighted by atomic mass is 9.77. The third kappa shape index (κ3) is 4.64. The average Bonchev–Trinajstić information content (AvgIpc) is 2.25. The maximum absolute atomic E-state index is 5.83. The molecule has 4 nitrogen and oxygen atoms in total. The van der Waals surface area contributed by atoms with E-state index in [1.54, 1.807) is 0 Å². The molecule has 0 bridgehead atoms. The average molecular weight is 266 g/mol. The van der Waals surface area contributed by atoms with Gasteiger partial charge in [-0.25, -0.2) is 5.90 Å². The quantitative estimate of drug-likeness (QED) is 0.376. The second-order valence-electron chi connectivity index (χ2n) is 4.50. The van der Waals surface area contributed by atoms with Gasteiger partial charge >= 0.3 is 0 Å². The fourth-order valence-corrected chi connectivity index (χ4v) is 3.80. The van der Waals surface area contributed by atoms with Gasteiger partial charge in [0.15, 0.2) is 19.5 Å². The Hall–Kier alpha value is 0.274. The van der Waals surface area contributed by atoms with Crippen LogP contribution in [0, 0.1) is 11.3 Å². The first-order valence-corrected chi connectivity index (χ1v) is 10.1. The van der Waals surface area contributed by atoms with Crippen molar-refractivity contribution in [3.63, 3.8) is 0 Å². The predicted octanol–water partition coefficient (Wildman–Crippen LogP) is 0.552. The van der Waals surface area contributed by atoms with Crippen molar-refractivity contribution in [1.82, 2.24) is 0 Å². The number of rotatable bonds is 9. The third-order valence-corrected chi connectivity index (χ3v) is 4.36. The third-order valence-electron chi connectivity index (χ3n) is 3.09. The SMILES string of the molecule is CCC(CON)C(C)(C)C(O[SiH2]C)O[SiH2]C. The molecule has 0 heterocycles. The summed E-state index contributed by atoms with van der Waals surface area (Å²) in [6.07, 6.45) is 0.935. The van der Waals surface area contributed by atoms with Crippen molar-refractivity contribution in [2.45, 2.75) is 46.6 Å². The van der Waals surface area contributed by atoms with Crippen LogP contribution in [0.3, 0.4) is 0 Å². The van der Waals surface area contributed by atoms with E-state index < -0.39 is 19.5 Å². The van der Waals surface area contributed by atoms with E-state index in [4.69, 9.17) is 19.6 Å². The minimum absolute atomic E-state index is 0.0415. The first-order valence-electron chi connectivity index (χ1n) is 6.09. The molecule has 0 aromatic carbocycles. The monoisotopic (exact) mass is 265 g/mol. The van der Waals surface area contributed by atoms with E-state index >= 15 is 0 Å². The van der Waals surface area contributed by atoms with Crippen molar-refractivity contribution in [3.8, 4) is 0 Å². The molecule has 0 saturated carbocycles. The molecule has 0 aliphatic heterocycles. The largest absolute Gasteiger partial charge is 0.400 e. The van der Waals surface area contributed by atoms with Gasteiger partial charge in [-0.2, -0.15) is 0 Å². The van der Waals surface area contributed by atoms with E-state index in [0.29, 0.717) is 12.5 Å². The molecule has 6 heteroatoms. The molecular formula is C10H27NO3Si2. The summed E-state index contributed by atoms with van der Waals surface area (Å²) in [5.41, 5.74) is -0.0415. The van der Waals surface area contributed by atoms with Crippen LogP contribution in [0.1, 0.15) is 27.2 Å². The van der Waals surface area contributed by atoms with Crippen molar-refractivity contribution in [3.05, 3.63) is 0 Å². The molecule has 1 atom stereocenters. The van der Waals surface area contributed by atoms with Crippen molar-refractivity contribution in [2.75, 3.05) is 6.61 Å². The molecule has 2 N–H and O–H groups in total. The van der Waals surface area contributed by atoms with Crippen LogP contribution in [-0.4, -0.2) is 32.4 Å². The van der Waals surface area contributed by atoms with Gasteiger partial charge in [0.1, 0.15) is 6.29 Å². The van der Waals surface area contributed by atoms with Crippen molar-refractivity contribution < 1.29 is 13.7 Å². The second-order valence-corrected chi connectivity index (χ2v) is 6.32. The Morgan fingerprint density at radius 3 is 2.00 bits per heavy atom. The van der Waals surface area contributed by atoms with E-state index in [9.17, 15) is 0 Å². The molecule has 98 valence electrons. The molecule has 0 aliphatic rings. The lowest BCUT2D eigenvalue weighted by molar-refractivity contribution is -0.119. The van der Waals surface area contributed by atoms with Gasteiger partial charge in [0, 0.05) is 5.41 Å². The fraction of sp³-hybridized carbons (Fsp3) is 1.00. The molecule has 0 saturated heterocycles. The fourth-order valence-electron chi connectivity index (χ4n) is 1.95. The molecule has 0 fully saturated rings. The molecule has 1 unspecified atom stereocenters. The van der Waals surface area contributed by atoms with Crippen LogP contribution in [0.25, 0.3) is 0 Å². The Bertz CT molecular complexity index is 175.